The van der Waals surface area contributed by atoms with Gasteiger partial charge in [-0.2, -0.15) is 0 Å². The van der Waals surface area contributed by atoms with E-state index in [1.807, 2.05) is 24.3 Å². The summed E-state index contributed by atoms with van der Waals surface area (Å²) < 4.78 is 0. The zero-order valence-electron chi connectivity index (χ0n) is 12.9. The number of likely N-dealkylation sites (tertiary alicyclic amines) is 1. The second-order valence-corrected chi connectivity index (χ2v) is 6.43. The van der Waals surface area contributed by atoms with Crippen LogP contribution in [0.25, 0.3) is 0 Å². The Morgan fingerprint density at radius 1 is 1.39 bits per heavy atom. The molecule has 1 aromatic rings. The van der Waals surface area contributed by atoms with Crippen LogP contribution in [0.1, 0.15) is 30.4 Å². The summed E-state index contributed by atoms with van der Waals surface area (Å²) in [5.74, 6) is 1.87. The van der Waals surface area contributed by atoms with Gasteiger partial charge in [0.15, 0.2) is 0 Å². The average Bonchev–Trinajstić information content (AvgIpc) is 3.11. The first-order chi connectivity index (χ1) is 11.0. The Balaban J connectivity index is 1.59. The molecule has 0 bridgehead atoms. The summed E-state index contributed by atoms with van der Waals surface area (Å²) in [6, 6.07) is 7.24. The summed E-state index contributed by atoms with van der Waals surface area (Å²) in [4.78, 5) is 25.6. The highest BCUT2D eigenvalue weighted by atomic mass is 16.4. The number of amides is 2. The highest BCUT2D eigenvalue weighted by Gasteiger charge is 2.55. The lowest BCUT2D eigenvalue weighted by atomic mass is 9.81. The molecular weight excluding hydrogens is 292 g/mol. The van der Waals surface area contributed by atoms with Crippen molar-refractivity contribution in [3.05, 3.63) is 35.4 Å². The Kier molecular flexibility index (Phi) is 3.99. The van der Waals surface area contributed by atoms with Crippen molar-refractivity contribution in [1.29, 1.82) is 0 Å². The predicted molar refractivity (Wildman–Crippen MR) is 85.6 cm³/mol. The third-order valence-corrected chi connectivity index (χ3v) is 5.15. The maximum absolute atomic E-state index is 12.3. The van der Waals surface area contributed by atoms with Crippen LogP contribution in [0, 0.1) is 23.7 Å². The number of terminal acetylenes is 1. The molecular formula is C18H20N2O3. The number of carboxylic acids is 1. The summed E-state index contributed by atoms with van der Waals surface area (Å²) >= 11 is 0. The second kappa shape index (κ2) is 5.96. The number of hydrogen-bond donors (Lipinski definition) is 2. The number of nitrogens with zero attached hydrogens (tertiary/aromatic N) is 1. The van der Waals surface area contributed by atoms with Crippen molar-refractivity contribution >= 4 is 12.0 Å². The number of carbonyl (C=O) groups is 2. The van der Waals surface area contributed by atoms with E-state index in [9.17, 15) is 14.7 Å². The predicted octanol–water partition coefficient (Wildman–Crippen LogP) is 2.06. The molecule has 5 nitrogen and oxygen atoms in total. The molecule has 1 aromatic carbocycles. The third-order valence-electron chi connectivity index (χ3n) is 5.15. The lowest BCUT2D eigenvalue weighted by Crippen LogP contribution is -2.41. The number of fused-ring (bicyclic) bond motifs is 1. The second-order valence-electron chi connectivity index (χ2n) is 6.43. The van der Waals surface area contributed by atoms with E-state index in [4.69, 9.17) is 6.42 Å². The lowest BCUT2D eigenvalue weighted by molar-refractivity contribution is -0.149. The van der Waals surface area contributed by atoms with Crippen molar-refractivity contribution in [1.82, 2.24) is 10.2 Å². The van der Waals surface area contributed by atoms with Gasteiger partial charge in [0.05, 0.1) is 5.41 Å². The SMILES string of the molecule is C#Cc1ccc(CNC(=O)N2C[C@@H]3CCC[C@@]3(C(=O)O)C2)cc1. The number of urea groups is 1. The Morgan fingerprint density at radius 3 is 2.74 bits per heavy atom. The molecule has 0 unspecified atom stereocenters. The summed E-state index contributed by atoms with van der Waals surface area (Å²) in [5.41, 5.74) is 1.03. The first kappa shape index (κ1) is 15.4. The fourth-order valence-corrected chi connectivity index (χ4v) is 3.80. The first-order valence-electron chi connectivity index (χ1n) is 7.87. The smallest absolute Gasteiger partial charge is 0.317 e. The zero-order chi connectivity index (χ0) is 16.4. The molecule has 3 rings (SSSR count). The van der Waals surface area contributed by atoms with E-state index in [0.717, 1.165) is 24.0 Å². The molecule has 1 saturated heterocycles. The standard InChI is InChI=1S/C18H20N2O3/c1-2-13-5-7-14(8-6-13)10-19-17(23)20-11-15-4-3-9-18(15,12-20)16(21)22/h1,5-8,15H,3-4,9-12H2,(H,19,23)(H,21,22)/t15-,18+/m0/s1. The highest BCUT2D eigenvalue weighted by Crippen LogP contribution is 2.48. The maximum Gasteiger partial charge on any atom is 0.317 e. The Bertz CT molecular complexity index is 662. The van der Waals surface area contributed by atoms with Gasteiger partial charge in [0.2, 0.25) is 0 Å². The molecule has 2 N–H and O–H groups in total. The van der Waals surface area contributed by atoms with E-state index in [-0.39, 0.29) is 11.9 Å². The topological polar surface area (TPSA) is 69.6 Å². The van der Waals surface area contributed by atoms with Gasteiger partial charge in [0.1, 0.15) is 0 Å². The number of hydrogen-bond acceptors (Lipinski definition) is 2. The van der Waals surface area contributed by atoms with E-state index < -0.39 is 11.4 Å². The van der Waals surface area contributed by atoms with Gasteiger partial charge in [-0.15, -0.1) is 6.42 Å². The molecule has 2 fully saturated rings. The number of benzene rings is 1. The van der Waals surface area contributed by atoms with Crippen LogP contribution in [0.4, 0.5) is 4.79 Å². The molecule has 0 aromatic heterocycles. The molecule has 2 aliphatic rings. The van der Waals surface area contributed by atoms with Crippen molar-refractivity contribution in [2.24, 2.45) is 11.3 Å². The van der Waals surface area contributed by atoms with Crippen LogP contribution in [0.5, 0.6) is 0 Å². The molecule has 1 aliphatic heterocycles. The van der Waals surface area contributed by atoms with Gasteiger partial charge in [0, 0.05) is 25.2 Å². The van der Waals surface area contributed by atoms with Crippen LogP contribution in [0.15, 0.2) is 24.3 Å². The molecule has 2 atom stereocenters. The lowest BCUT2D eigenvalue weighted by Gasteiger charge is -2.23. The van der Waals surface area contributed by atoms with Crippen LogP contribution < -0.4 is 5.32 Å². The number of carbonyl (C=O) groups excluding carboxylic acids is 1. The number of carboxylic acid groups (broad SMARTS) is 1. The Labute approximate surface area is 135 Å². The number of rotatable bonds is 3. The summed E-state index contributed by atoms with van der Waals surface area (Å²) in [6.45, 7) is 1.26. The number of aliphatic carboxylic acids is 1. The van der Waals surface area contributed by atoms with Crippen LogP contribution in [-0.2, 0) is 11.3 Å². The first-order valence-corrected chi connectivity index (χ1v) is 7.87. The fourth-order valence-electron chi connectivity index (χ4n) is 3.80. The summed E-state index contributed by atoms with van der Waals surface area (Å²) in [6.07, 6.45) is 7.81. The molecule has 1 aliphatic carbocycles. The van der Waals surface area contributed by atoms with Crippen molar-refractivity contribution in [2.75, 3.05) is 13.1 Å². The minimum absolute atomic E-state index is 0.0839. The van der Waals surface area contributed by atoms with Crippen LogP contribution in [-0.4, -0.2) is 35.1 Å². The van der Waals surface area contributed by atoms with Crippen molar-refractivity contribution < 1.29 is 14.7 Å². The molecule has 23 heavy (non-hydrogen) atoms. The van der Waals surface area contributed by atoms with Crippen molar-refractivity contribution in [3.63, 3.8) is 0 Å². The van der Waals surface area contributed by atoms with Gasteiger partial charge in [-0.05, 0) is 36.5 Å². The Morgan fingerprint density at radius 2 is 2.13 bits per heavy atom. The third kappa shape index (κ3) is 2.77. The normalized spacial score (nSPS) is 25.7. The van der Waals surface area contributed by atoms with E-state index in [0.29, 0.717) is 26.1 Å². The highest BCUT2D eigenvalue weighted by molar-refractivity contribution is 5.80. The van der Waals surface area contributed by atoms with Gasteiger partial charge < -0.3 is 15.3 Å². The fraction of sp³-hybridized carbons (Fsp3) is 0.444. The Hall–Kier alpha value is -2.48. The van der Waals surface area contributed by atoms with Crippen LogP contribution >= 0.6 is 0 Å². The van der Waals surface area contributed by atoms with Crippen molar-refractivity contribution in [2.45, 2.75) is 25.8 Å². The molecule has 5 heteroatoms. The minimum atomic E-state index is -0.764. The largest absolute Gasteiger partial charge is 0.481 e. The minimum Gasteiger partial charge on any atom is -0.481 e. The van der Waals surface area contributed by atoms with Gasteiger partial charge >= 0.3 is 12.0 Å². The van der Waals surface area contributed by atoms with Crippen LogP contribution in [0.2, 0.25) is 0 Å². The zero-order valence-corrected chi connectivity index (χ0v) is 12.9. The molecule has 1 heterocycles. The summed E-state index contributed by atoms with van der Waals surface area (Å²) in [7, 11) is 0. The van der Waals surface area contributed by atoms with E-state index in [1.165, 1.54) is 0 Å². The van der Waals surface area contributed by atoms with Gasteiger partial charge in [-0.3, -0.25) is 4.79 Å². The van der Waals surface area contributed by atoms with E-state index in [2.05, 4.69) is 11.2 Å². The molecule has 0 spiro atoms. The molecule has 2 amide bonds. The molecule has 0 radical (unpaired) electrons. The quantitative estimate of drug-likeness (QED) is 0.839. The van der Waals surface area contributed by atoms with E-state index >= 15 is 0 Å². The molecule has 120 valence electrons. The number of nitrogens with one attached hydrogen (secondary N) is 1. The van der Waals surface area contributed by atoms with Gasteiger partial charge in [-0.1, -0.05) is 24.5 Å². The average molecular weight is 312 g/mol. The van der Waals surface area contributed by atoms with Gasteiger partial charge in [-0.25, -0.2) is 4.79 Å². The molecule has 1 saturated carbocycles. The van der Waals surface area contributed by atoms with Crippen LogP contribution in [0.3, 0.4) is 0 Å². The summed E-state index contributed by atoms with van der Waals surface area (Å²) in [5, 5.41) is 12.4. The van der Waals surface area contributed by atoms with Crippen molar-refractivity contribution in [3.8, 4) is 12.3 Å². The monoisotopic (exact) mass is 312 g/mol. The maximum atomic E-state index is 12.3. The van der Waals surface area contributed by atoms with E-state index in [1.54, 1.807) is 4.90 Å². The van der Waals surface area contributed by atoms with Gasteiger partial charge in [0.25, 0.3) is 0 Å².